The van der Waals surface area contributed by atoms with Crippen molar-refractivity contribution < 1.29 is 0 Å². The molecule has 66 valence electrons. The van der Waals surface area contributed by atoms with Crippen molar-refractivity contribution in [2.75, 3.05) is 11.6 Å². The lowest BCUT2D eigenvalue weighted by atomic mass is 10.1. The lowest BCUT2D eigenvalue weighted by Gasteiger charge is -2.01. The molecule has 0 bridgehead atoms. The number of halogens is 2. The van der Waals surface area contributed by atoms with Gasteiger partial charge in [0.1, 0.15) is 0 Å². The van der Waals surface area contributed by atoms with E-state index < -0.39 is 0 Å². The zero-order valence-electron chi connectivity index (χ0n) is 6.69. The van der Waals surface area contributed by atoms with Gasteiger partial charge in [0.05, 0.1) is 0 Å². The van der Waals surface area contributed by atoms with E-state index in [1.54, 1.807) is 0 Å². The standard InChI is InChI=1S/C9H11BrClN/c10-8-4-7(2-1-3-11)5-9(12)6-8/h4-6H,1-3,12H2. The molecule has 0 amide bonds. The number of anilines is 1. The van der Waals surface area contributed by atoms with Gasteiger partial charge in [-0.3, -0.25) is 0 Å². The van der Waals surface area contributed by atoms with E-state index >= 15 is 0 Å². The first-order chi connectivity index (χ1) is 5.72. The molecule has 0 saturated carbocycles. The summed E-state index contributed by atoms with van der Waals surface area (Å²) >= 11 is 8.98. The van der Waals surface area contributed by atoms with E-state index in [2.05, 4.69) is 22.0 Å². The van der Waals surface area contributed by atoms with Crippen LogP contribution in [0.25, 0.3) is 0 Å². The van der Waals surface area contributed by atoms with Gasteiger partial charge in [-0.15, -0.1) is 11.6 Å². The molecule has 1 rings (SSSR count). The number of aryl methyl sites for hydroxylation is 1. The first-order valence-electron chi connectivity index (χ1n) is 3.83. The van der Waals surface area contributed by atoms with Crippen molar-refractivity contribution in [2.24, 2.45) is 0 Å². The van der Waals surface area contributed by atoms with Crippen molar-refractivity contribution in [3.63, 3.8) is 0 Å². The molecule has 0 radical (unpaired) electrons. The first kappa shape index (κ1) is 9.87. The maximum absolute atomic E-state index is 5.67. The van der Waals surface area contributed by atoms with Crippen LogP contribution in [0.3, 0.4) is 0 Å². The summed E-state index contributed by atoms with van der Waals surface area (Å²) in [6.07, 6.45) is 1.99. The third-order valence-corrected chi connectivity index (χ3v) is 2.30. The summed E-state index contributed by atoms with van der Waals surface area (Å²) < 4.78 is 1.03. The lowest BCUT2D eigenvalue weighted by molar-refractivity contribution is 0.928. The Labute approximate surface area is 86.0 Å². The lowest BCUT2D eigenvalue weighted by Crippen LogP contribution is -1.90. The molecule has 2 N–H and O–H groups in total. The monoisotopic (exact) mass is 247 g/mol. The average molecular weight is 249 g/mol. The Balaban J connectivity index is 2.72. The van der Waals surface area contributed by atoms with E-state index in [1.165, 1.54) is 5.56 Å². The number of rotatable bonds is 3. The van der Waals surface area contributed by atoms with E-state index in [0.29, 0.717) is 5.88 Å². The number of nitrogen functional groups attached to an aromatic ring is 1. The molecule has 0 spiro atoms. The maximum atomic E-state index is 5.67. The van der Waals surface area contributed by atoms with Crippen LogP contribution >= 0.6 is 27.5 Å². The Kier molecular flexibility index (Phi) is 3.89. The molecular formula is C9H11BrClN. The summed E-state index contributed by atoms with van der Waals surface area (Å²) in [4.78, 5) is 0. The van der Waals surface area contributed by atoms with Crippen LogP contribution in [0, 0.1) is 0 Å². The minimum atomic E-state index is 0.701. The fourth-order valence-electron chi connectivity index (χ4n) is 1.09. The second-order valence-electron chi connectivity index (χ2n) is 2.69. The predicted octanol–water partition coefficient (Wildman–Crippen LogP) is 3.20. The SMILES string of the molecule is Nc1cc(Br)cc(CCCCl)c1. The molecule has 0 fully saturated rings. The van der Waals surface area contributed by atoms with Gasteiger partial charge in [-0.2, -0.15) is 0 Å². The van der Waals surface area contributed by atoms with Gasteiger partial charge in [0.2, 0.25) is 0 Å². The van der Waals surface area contributed by atoms with Gasteiger partial charge < -0.3 is 5.73 Å². The van der Waals surface area contributed by atoms with Gasteiger partial charge in [0.25, 0.3) is 0 Å². The van der Waals surface area contributed by atoms with E-state index in [9.17, 15) is 0 Å². The van der Waals surface area contributed by atoms with Crippen LogP contribution in [0.4, 0.5) is 5.69 Å². The summed E-state index contributed by atoms with van der Waals surface area (Å²) in [6, 6.07) is 5.95. The van der Waals surface area contributed by atoms with Crippen LogP contribution < -0.4 is 5.73 Å². The molecule has 0 aromatic heterocycles. The molecule has 3 heteroatoms. The van der Waals surface area contributed by atoms with Crippen LogP contribution in [0.5, 0.6) is 0 Å². The van der Waals surface area contributed by atoms with Gasteiger partial charge in [-0.1, -0.05) is 15.9 Å². The fraction of sp³-hybridized carbons (Fsp3) is 0.333. The van der Waals surface area contributed by atoms with E-state index in [4.69, 9.17) is 17.3 Å². The van der Waals surface area contributed by atoms with E-state index in [0.717, 1.165) is 23.0 Å². The Morgan fingerprint density at radius 3 is 2.67 bits per heavy atom. The molecule has 0 aliphatic heterocycles. The van der Waals surface area contributed by atoms with E-state index in [1.807, 2.05) is 12.1 Å². The Bertz CT molecular complexity index is 242. The number of hydrogen-bond donors (Lipinski definition) is 1. The number of alkyl halides is 1. The summed E-state index contributed by atoms with van der Waals surface area (Å²) in [6.45, 7) is 0. The minimum Gasteiger partial charge on any atom is -0.399 e. The second-order valence-corrected chi connectivity index (χ2v) is 3.98. The fourth-order valence-corrected chi connectivity index (χ4v) is 1.78. The molecule has 1 nitrogen and oxygen atoms in total. The molecule has 0 aliphatic rings. The molecule has 0 heterocycles. The first-order valence-corrected chi connectivity index (χ1v) is 5.16. The van der Waals surface area contributed by atoms with Crippen molar-refractivity contribution in [3.8, 4) is 0 Å². The number of nitrogens with two attached hydrogens (primary N) is 1. The third-order valence-electron chi connectivity index (χ3n) is 1.58. The van der Waals surface area contributed by atoms with Crippen LogP contribution in [0.2, 0.25) is 0 Å². The molecule has 1 aromatic carbocycles. The Morgan fingerprint density at radius 2 is 2.08 bits per heavy atom. The van der Waals surface area contributed by atoms with Gasteiger partial charge in [-0.25, -0.2) is 0 Å². The van der Waals surface area contributed by atoms with Crippen LogP contribution in [-0.2, 0) is 6.42 Å². The smallest absolute Gasteiger partial charge is 0.0328 e. The highest BCUT2D eigenvalue weighted by Gasteiger charge is 1.96. The topological polar surface area (TPSA) is 26.0 Å². The maximum Gasteiger partial charge on any atom is 0.0328 e. The Morgan fingerprint density at radius 1 is 1.33 bits per heavy atom. The molecule has 0 atom stereocenters. The summed E-state index contributed by atoms with van der Waals surface area (Å²) in [7, 11) is 0. The zero-order valence-corrected chi connectivity index (χ0v) is 9.03. The Hall–Kier alpha value is -0.210. The predicted molar refractivity (Wildman–Crippen MR) is 57.6 cm³/mol. The largest absolute Gasteiger partial charge is 0.399 e. The molecule has 0 unspecified atom stereocenters. The highest BCUT2D eigenvalue weighted by atomic mass is 79.9. The van der Waals surface area contributed by atoms with Crippen molar-refractivity contribution in [1.29, 1.82) is 0 Å². The van der Waals surface area contributed by atoms with Crippen molar-refractivity contribution in [3.05, 3.63) is 28.2 Å². The molecule has 12 heavy (non-hydrogen) atoms. The highest BCUT2D eigenvalue weighted by Crippen LogP contribution is 2.18. The van der Waals surface area contributed by atoms with Gasteiger partial charge in [-0.05, 0) is 36.6 Å². The third kappa shape index (κ3) is 3.03. The normalized spacial score (nSPS) is 10.2. The average Bonchev–Trinajstić information content (AvgIpc) is 1.99. The van der Waals surface area contributed by atoms with Gasteiger partial charge in [0.15, 0.2) is 0 Å². The summed E-state index contributed by atoms with van der Waals surface area (Å²) in [5.41, 5.74) is 7.71. The van der Waals surface area contributed by atoms with Crippen LogP contribution in [-0.4, -0.2) is 5.88 Å². The van der Waals surface area contributed by atoms with Crippen LogP contribution in [0.1, 0.15) is 12.0 Å². The van der Waals surface area contributed by atoms with Crippen LogP contribution in [0.15, 0.2) is 22.7 Å². The van der Waals surface area contributed by atoms with Gasteiger partial charge >= 0.3 is 0 Å². The zero-order chi connectivity index (χ0) is 8.97. The molecule has 0 aliphatic carbocycles. The van der Waals surface area contributed by atoms with Gasteiger partial charge in [0, 0.05) is 16.0 Å². The summed E-state index contributed by atoms with van der Waals surface area (Å²) in [5.74, 6) is 0.701. The number of benzene rings is 1. The highest BCUT2D eigenvalue weighted by molar-refractivity contribution is 9.10. The molecule has 1 aromatic rings. The quantitative estimate of drug-likeness (QED) is 0.645. The number of hydrogen-bond acceptors (Lipinski definition) is 1. The minimum absolute atomic E-state index is 0.701. The summed E-state index contributed by atoms with van der Waals surface area (Å²) in [5, 5.41) is 0. The molecule has 0 saturated heterocycles. The molecular weight excluding hydrogens is 237 g/mol. The van der Waals surface area contributed by atoms with Crippen molar-refractivity contribution >= 4 is 33.2 Å². The van der Waals surface area contributed by atoms with Crippen molar-refractivity contribution in [1.82, 2.24) is 0 Å². The van der Waals surface area contributed by atoms with E-state index in [-0.39, 0.29) is 0 Å². The van der Waals surface area contributed by atoms with Crippen molar-refractivity contribution in [2.45, 2.75) is 12.8 Å². The second kappa shape index (κ2) is 4.73.